The van der Waals surface area contributed by atoms with Crippen LogP contribution in [0.5, 0.6) is 5.75 Å². The zero-order valence-corrected chi connectivity index (χ0v) is 24.5. The zero-order valence-electron chi connectivity index (χ0n) is 23.7. The zero-order chi connectivity index (χ0) is 28.7. The summed E-state index contributed by atoms with van der Waals surface area (Å²) in [6, 6.07) is 13.8. The Balaban J connectivity index is 2.16. The maximum Gasteiger partial charge on any atom is 0.326 e. The number of carbonyl (C=O) groups excluding carboxylic acids is 2. The van der Waals surface area contributed by atoms with Crippen LogP contribution in [0.3, 0.4) is 0 Å². The van der Waals surface area contributed by atoms with Crippen LogP contribution in [0.15, 0.2) is 47.4 Å². The summed E-state index contributed by atoms with van der Waals surface area (Å²) in [6.07, 6.45) is 5.93. The highest BCUT2D eigenvalue weighted by atomic mass is 32.2. The number of methoxy groups -OCH3 is 3. The van der Waals surface area contributed by atoms with Crippen LogP contribution in [0.4, 0.5) is 11.4 Å². The fraction of sp³-hybridized carbons (Fsp3) is 0.355. The van der Waals surface area contributed by atoms with Crippen molar-refractivity contribution in [3.63, 3.8) is 0 Å². The average molecular weight is 549 g/mol. The summed E-state index contributed by atoms with van der Waals surface area (Å²) in [5, 5.41) is 1.90. The van der Waals surface area contributed by atoms with E-state index in [1.807, 2.05) is 72.4 Å². The lowest BCUT2D eigenvalue weighted by molar-refractivity contribution is -0.141. The third-order valence-corrected chi connectivity index (χ3v) is 8.20. The van der Waals surface area contributed by atoms with Gasteiger partial charge in [-0.1, -0.05) is 30.2 Å². The molecule has 0 amide bonds. The van der Waals surface area contributed by atoms with Gasteiger partial charge in [0, 0.05) is 27.4 Å². The second-order valence-electron chi connectivity index (χ2n) is 9.29. The van der Waals surface area contributed by atoms with Crippen LogP contribution >= 0.6 is 11.9 Å². The quantitative estimate of drug-likeness (QED) is 0.168. The van der Waals surface area contributed by atoms with Crippen molar-refractivity contribution in [1.82, 2.24) is 0 Å². The van der Waals surface area contributed by atoms with Gasteiger partial charge in [0.05, 0.1) is 40.0 Å². The molecule has 8 heteroatoms. The Bertz CT molecular complexity index is 1400. The van der Waals surface area contributed by atoms with Gasteiger partial charge in [0.1, 0.15) is 12.3 Å². The molecule has 0 heterocycles. The molecule has 1 unspecified atom stereocenters. The van der Waals surface area contributed by atoms with E-state index in [2.05, 4.69) is 12.8 Å². The van der Waals surface area contributed by atoms with Crippen LogP contribution in [0.1, 0.15) is 30.0 Å². The normalized spacial score (nSPS) is 11.4. The van der Waals surface area contributed by atoms with Crippen molar-refractivity contribution in [2.45, 2.75) is 45.1 Å². The second kappa shape index (κ2) is 13.3. The van der Waals surface area contributed by atoms with E-state index < -0.39 is 0 Å². The molecule has 0 aliphatic heterocycles. The number of esters is 2. The Kier molecular flexibility index (Phi) is 10.1. The number of hydrogen-bond acceptors (Lipinski definition) is 8. The molecule has 0 saturated heterocycles. The molecule has 0 aliphatic rings. The molecule has 0 aliphatic carbocycles. The standard InChI is InChI=1S/C31H36N2O5S/c1-9-16-32(21(3)18-29(34)37-7)26-14-15-27(25-13-11-10-12-24(25)26)33(19-30(35)38-8)39-31-20(2)17-28(36-6)22(4)23(31)5/h1,10-15,17,21H,16,18-19H2,2-8H3. The number of terminal acetylenes is 1. The van der Waals surface area contributed by atoms with Gasteiger partial charge in [-0.15, -0.1) is 6.42 Å². The van der Waals surface area contributed by atoms with Gasteiger partial charge < -0.3 is 23.4 Å². The van der Waals surface area contributed by atoms with Gasteiger partial charge in [0.15, 0.2) is 0 Å². The topological polar surface area (TPSA) is 68.3 Å². The predicted molar refractivity (Wildman–Crippen MR) is 159 cm³/mol. The summed E-state index contributed by atoms with van der Waals surface area (Å²) in [7, 11) is 4.44. The van der Waals surface area contributed by atoms with Crippen molar-refractivity contribution in [3.8, 4) is 18.1 Å². The summed E-state index contributed by atoms with van der Waals surface area (Å²) in [6.45, 7) is 8.45. The van der Waals surface area contributed by atoms with Crippen molar-refractivity contribution >= 4 is 46.0 Å². The van der Waals surface area contributed by atoms with Gasteiger partial charge in [-0.25, -0.2) is 0 Å². The summed E-state index contributed by atoms with van der Waals surface area (Å²) in [5.74, 6) is 2.90. The highest BCUT2D eigenvalue weighted by Gasteiger charge is 2.24. The molecule has 0 bridgehead atoms. The van der Waals surface area contributed by atoms with Crippen molar-refractivity contribution in [3.05, 3.63) is 59.2 Å². The lowest BCUT2D eigenvalue weighted by Crippen LogP contribution is -2.35. The first-order valence-corrected chi connectivity index (χ1v) is 13.4. The van der Waals surface area contributed by atoms with Gasteiger partial charge in [-0.2, -0.15) is 0 Å². The fourth-order valence-corrected chi connectivity index (χ4v) is 5.72. The Morgan fingerprint density at radius 1 is 0.949 bits per heavy atom. The third-order valence-electron chi connectivity index (χ3n) is 6.84. The van der Waals surface area contributed by atoms with E-state index in [-0.39, 0.29) is 30.9 Å². The summed E-state index contributed by atoms with van der Waals surface area (Å²) >= 11 is 1.50. The van der Waals surface area contributed by atoms with E-state index in [1.54, 1.807) is 7.11 Å². The number of aryl methyl sites for hydroxylation is 1. The molecule has 0 fully saturated rings. The second-order valence-corrected chi connectivity index (χ2v) is 10.3. The van der Waals surface area contributed by atoms with Crippen molar-refractivity contribution in [2.24, 2.45) is 0 Å². The fourth-order valence-electron chi connectivity index (χ4n) is 4.58. The number of hydrogen-bond donors (Lipinski definition) is 0. The van der Waals surface area contributed by atoms with Crippen LogP contribution in [-0.2, 0) is 19.1 Å². The van der Waals surface area contributed by atoms with Crippen molar-refractivity contribution in [2.75, 3.05) is 43.6 Å². The van der Waals surface area contributed by atoms with Crippen LogP contribution in [0, 0.1) is 33.1 Å². The monoisotopic (exact) mass is 548 g/mol. The Morgan fingerprint density at radius 3 is 2.15 bits per heavy atom. The first-order valence-electron chi connectivity index (χ1n) is 12.6. The van der Waals surface area contributed by atoms with Crippen LogP contribution in [0.25, 0.3) is 10.8 Å². The van der Waals surface area contributed by atoms with Gasteiger partial charge in [-0.05, 0) is 74.5 Å². The lowest BCUT2D eigenvalue weighted by Gasteiger charge is -2.32. The van der Waals surface area contributed by atoms with E-state index in [0.29, 0.717) is 6.54 Å². The molecular formula is C31H36N2O5S. The molecule has 3 aromatic carbocycles. The number of anilines is 2. The number of fused-ring (bicyclic) bond motifs is 1. The summed E-state index contributed by atoms with van der Waals surface area (Å²) < 4.78 is 17.5. The first-order chi connectivity index (χ1) is 18.7. The van der Waals surface area contributed by atoms with Gasteiger partial charge >= 0.3 is 11.9 Å². The van der Waals surface area contributed by atoms with E-state index in [9.17, 15) is 9.59 Å². The van der Waals surface area contributed by atoms with E-state index in [1.165, 1.54) is 26.2 Å². The minimum Gasteiger partial charge on any atom is -0.496 e. The number of rotatable bonds is 11. The summed E-state index contributed by atoms with van der Waals surface area (Å²) in [4.78, 5) is 27.7. The molecule has 0 aromatic heterocycles. The van der Waals surface area contributed by atoms with E-state index in [4.69, 9.17) is 20.6 Å². The molecule has 7 nitrogen and oxygen atoms in total. The van der Waals surface area contributed by atoms with Crippen LogP contribution in [0.2, 0.25) is 0 Å². The lowest BCUT2D eigenvalue weighted by atomic mass is 10.0. The van der Waals surface area contributed by atoms with Gasteiger partial charge in [0.2, 0.25) is 0 Å². The maximum atomic E-state index is 12.6. The molecule has 39 heavy (non-hydrogen) atoms. The molecule has 1 atom stereocenters. The average Bonchev–Trinajstić information content (AvgIpc) is 2.94. The Morgan fingerprint density at radius 2 is 1.56 bits per heavy atom. The van der Waals surface area contributed by atoms with Gasteiger partial charge in [-0.3, -0.25) is 9.59 Å². The number of benzene rings is 3. The molecule has 0 radical (unpaired) electrons. The number of nitrogens with zero attached hydrogens (tertiary/aromatic N) is 2. The molecule has 0 saturated carbocycles. The molecule has 0 spiro atoms. The molecule has 3 aromatic rings. The van der Waals surface area contributed by atoms with Crippen LogP contribution in [-0.4, -0.2) is 52.4 Å². The molecule has 3 rings (SSSR count). The minimum atomic E-state index is -0.350. The highest BCUT2D eigenvalue weighted by molar-refractivity contribution is 8.00. The molecule has 0 N–H and O–H groups in total. The first kappa shape index (κ1) is 29.7. The summed E-state index contributed by atoms with van der Waals surface area (Å²) in [5.41, 5.74) is 4.95. The number of carbonyl (C=O) groups is 2. The third kappa shape index (κ3) is 6.61. The van der Waals surface area contributed by atoms with Gasteiger partial charge in [0.25, 0.3) is 0 Å². The largest absolute Gasteiger partial charge is 0.496 e. The number of ether oxygens (including phenoxy) is 3. The molecule has 206 valence electrons. The van der Waals surface area contributed by atoms with E-state index in [0.717, 1.165) is 49.5 Å². The van der Waals surface area contributed by atoms with Crippen molar-refractivity contribution < 1.29 is 23.8 Å². The Labute approximate surface area is 235 Å². The maximum absolute atomic E-state index is 12.6. The minimum absolute atomic E-state index is 0.0429. The SMILES string of the molecule is C#CCN(c1ccc(N(CC(=O)OC)Sc2c(C)cc(OC)c(C)c2C)c2ccccc12)C(C)CC(=O)OC. The highest BCUT2D eigenvalue weighted by Crippen LogP contribution is 2.42. The predicted octanol–water partition coefficient (Wildman–Crippen LogP) is 5.85. The van der Waals surface area contributed by atoms with Crippen LogP contribution < -0.4 is 13.9 Å². The Hall–Kier alpha value is -3.83. The van der Waals surface area contributed by atoms with Crippen molar-refractivity contribution in [1.29, 1.82) is 0 Å². The molecular weight excluding hydrogens is 512 g/mol. The smallest absolute Gasteiger partial charge is 0.326 e. The van der Waals surface area contributed by atoms with E-state index >= 15 is 0 Å².